The van der Waals surface area contributed by atoms with Crippen molar-refractivity contribution in [1.29, 1.82) is 0 Å². The van der Waals surface area contributed by atoms with Crippen LogP contribution in [-0.2, 0) is 27.9 Å². The zero-order valence-corrected chi connectivity index (χ0v) is 18.4. The molecule has 0 spiro atoms. The Morgan fingerprint density at radius 3 is 2.33 bits per heavy atom. The van der Waals surface area contributed by atoms with Gasteiger partial charge in [0.05, 0.1) is 16.9 Å². The molecule has 2 aromatic heterocycles. The Labute approximate surface area is 189 Å². The minimum absolute atomic E-state index is 0.229. The van der Waals surface area contributed by atoms with Crippen LogP contribution in [-0.4, -0.2) is 39.6 Å². The fourth-order valence-corrected chi connectivity index (χ4v) is 6.47. The van der Waals surface area contributed by atoms with E-state index in [9.17, 15) is 34.8 Å². The number of rotatable bonds is 4. The van der Waals surface area contributed by atoms with Crippen LogP contribution in [0.3, 0.4) is 0 Å². The molecule has 0 bridgehead atoms. The third kappa shape index (κ3) is 4.94. The van der Waals surface area contributed by atoms with Gasteiger partial charge in [-0.3, -0.25) is 0 Å². The highest BCUT2D eigenvalue weighted by Gasteiger charge is 2.38. The van der Waals surface area contributed by atoms with Crippen LogP contribution >= 0.6 is 11.3 Å². The molecule has 0 saturated carbocycles. The number of pyridine rings is 1. The van der Waals surface area contributed by atoms with Crippen molar-refractivity contribution in [2.45, 2.75) is 22.3 Å². The molecule has 0 unspecified atom stereocenters. The third-order valence-corrected chi connectivity index (χ3v) is 8.54. The highest BCUT2D eigenvalue weighted by molar-refractivity contribution is 7.92. The molecule has 1 saturated heterocycles. The average molecular weight is 509 g/mol. The number of thiophene rings is 1. The molecule has 3 heterocycles. The van der Waals surface area contributed by atoms with Gasteiger partial charge in [0.25, 0.3) is 0 Å². The van der Waals surface area contributed by atoms with E-state index in [2.05, 4.69) is 10.3 Å². The first-order valence-electron chi connectivity index (χ1n) is 9.70. The molecule has 1 aromatic carbocycles. The number of alkyl halides is 6. The van der Waals surface area contributed by atoms with Crippen LogP contribution < -0.4 is 10.2 Å². The third-order valence-electron chi connectivity index (χ3n) is 5.21. The molecule has 3 aromatic rings. The number of sulfone groups is 1. The fourth-order valence-electron chi connectivity index (χ4n) is 3.65. The second-order valence-corrected chi connectivity index (χ2v) is 10.8. The molecule has 1 N–H and O–H groups in total. The number of nitrogens with one attached hydrogen (secondary N) is 1. The van der Waals surface area contributed by atoms with Crippen molar-refractivity contribution in [3.8, 4) is 0 Å². The summed E-state index contributed by atoms with van der Waals surface area (Å²) in [5, 5.41) is 3.72. The van der Waals surface area contributed by atoms with E-state index in [0.717, 1.165) is 11.3 Å². The van der Waals surface area contributed by atoms with Gasteiger partial charge in [-0.25, -0.2) is 13.4 Å². The lowest BCUT2D eigenvalue weighted by atomic mass is 10.0. The summed E-state index contributed by atoms with van der Waals surface area (Å²) in [6, 6.07) is 3.74. The van der Waals surface area contributed by atoms with Gasteiger partial charge in [0.2, 0.25) is 0 Å². The van der Waals surface area contributed by atoms with E-state index in [-0.39, 0.29) is 16.3 Å². The molecule has 1 aliphatic rings. The van der Waals surface area contributed by atoms with Crippen LogP contribution in [0.4, 0.5) is 32.2 Å². The summed E-state index contributed by atoms with van der Waals surface area (Å²) in [7, 11) is -4.38. The Bertz CT molecular complexity index is 1280. The zero-order valence-electron chi connectivity index (χ0n) is 16.8. The number of fused-ring (bicyclic) bond motifs is 1. The number of hydrogen-bond donors (Lipinski definition) is 1. The summed E-state index contributed by atoms with van der Waals surface area (Å²) in [6.07, 6.45) is -8.40. The van der Waals surface area contributed by atoms with Crippen LogP contribution in [0.1, 0.15) is 16.7 Å². The Morgan fingerprint density at radius 2 is 1.70 bits per heavy atom. The predicted molar refractivity (Wildman–Crippen MR) is 112 cm³/mol. The molecule has 178 valence electrons. The van der Waals surface area contributed by atoms with Crippen LogP contribution in [0.2, 0.25) is 0 Å². The van der Waals surface area contributed by atoms with E-state index in [4.69, 9.17) is 0 Å². The molecule has 0 aliphatic carbocycles. The molecule has 0 amide bonds. The molecule has 5 nitrogen and oxygen atoms in total. The maximum absolute atomic E-state index is 13.4. The first kappa shape index (κ1) is 23.8. The normalized spacial score (nSPS) is 15.9. The van der Waals surface area contributed by atoms with Crippen molar-refractivity contribution in [2.24, 2.45) is 0 Å². The van der Waals surface area contributed by atoms with E-state index in [1.807, 2.05) is 4.90 Å². The number of halogens is 6. The van der Waals surface area contributed by atoms with E-state index >= 15 is 0 Å². The molecule has 13 heteroatoms. The second kappa shape index (κ2) is 8.44. The van der Waals surface area contributed by atoms with Crippen LogP contribution in [0.5, 0.6) is 0 Å². The van der Waals surface area contributed by atoms with Gasteiger partial charge in [-0.1, -0.05) is 0 Å². The lowest BCUT2D eigenvalue weighted by molar-refractivity contribution is -0.141. The van der Waals surface area contributed by atoms with Crippen LogP contribution in [0.15, 0.2) is 40.7 Å². The zero-order chi connectivity index (χ0) is 24.0. The smallest absolute Gasteiger partial charge is 0.354 e. The maximum atomic E-state index is 13.4. The van der Waals surface area contributed by atoms with Crippen molar-refractivity contribution in [3.63, 3.8) is 0 Å². The maximum Gasteiger partial charge on any atom is 0.416 e. The molecule has 4 rings (SSSR count). The Balaban J connectivity index is 1.75. The number of hydrogen-bond acceptors (Lipinski definition) is 6. The molecule has 0 radical (unpaired) electrons. The molecular formula is C20H17F6N3O2S2. The van der Waals surface area contributed by atoms with E-state index in [1.165, 1.54) is 12.3 Å². The van der Waals surface area contributed by atoms with Gasteiger partial charge < -0.3 is 10.2 Å². The number of aromatic nitrogens is 1. The standard InChI is InChI=1S/C20H17F6N3O2S2/c21-19(22,23)13-1-2-15(20(24,25)26)12(9-13)11-33(30,31)17-10-14-16(32-17)3-4-28-18(14)29-7-5-27-6-8-29/h1-4,9-10,27H,5-8,11H2. The summed E-state index contributed by atoms with van der Waals surface area (Å²) in [5.41, 5.74) is -3.71. The highest BCUT2D eigenvalue weighted by atomic mass is 32.2. The Hall–Kier alpha value is -2.38. The predicted octanol–water partition coefficient (Wildman–Crippen LogP) is 4.72. The summed E-state index contributed by atoms with van der Waals surface area (Å²) >= 11 is 0.851. The van der Waals surface area contributed by atoms with Gasteiger partial charge in [0, 0.05) is 42.5 Å². The SMILES string of the molecule is O=S(=O)(Cc1cc(C(F)(F)F)ccc1C(F)(F)F)c1cc2c(N3CCNCC3)nccc2s1. The van der Waals surface area contributed by atoms with Gasteiger partial charge >= 0.3 is 12.4 Å². The molecular weight excluding hydrogens is 492 g/mol. The first-order valence-corrected chi connectivity index (χ1v) is 12.2. The second-order valence-electron chi connectivity index (χ2n) is 7.48. The average Bonchev–Trinajstić information content (AvgIpc) is 3.18. The molecule has 33 heavy (non-hydrogen) atoms. The lowest BCUT2D eigenvalue weighted by Crippen LogP contribution is -2.43. The summed E-state index contributed by atoms with van der Waals surface area (Å²) in [4.78, 5) is 6.30. The van der Waals surface area contributed by atoms with Gasteiger partial charge in [0.1, 0.15) is 10.0 Å². The van der Waals surface area contributed by atoms with E-state index in [0.29, 0.717) is 48.1 Å². The summed E-state index contributed by atoms with van der Waals surface area (Å²) < 4.78 is 106. The van der Waals surface area contributed by atoms with Crippen LogP contribution in [0, 0.1) is 0 Å². The lowest BCUT2D eigenvalue weighted by Gasteiger charge is -2.28. The number of benzene rings is 1. The number of nitrogens with zero attached hydrogens (tertiary/aromatic N) is 2. The van der Waals surface area contributed by atoms with Gasteiger partial charge in [-0.2, -0.15) is 26.3 Å². The monoisotopic (exact) mass is 509 g/mol. The fraction of sp³-hybridized carbons (Fsp3) is 0.350. The molecule has 1 fully saturated rings. The topological polar surface area (TPSA) is 62.3 Å². The van der Waals surface area contributed by atoms with Crippen molar-refractivity contribution < 1.29 is 34.8 Å². The minimum Gasteiger partial charge on any atom is -0.354 e. The summed E-state index contributed by atoms with van der Waals surface area (Å²) in [5.74, 6) is -0.656. The van der Waals surface area contributed by atoms with Gasteiger partial charge in [-0.15, -0.1) is 11.3 Å². The van der Waals surface area contributed by atoms with Gasteiger partial charge in [0.15, 0.2) is 9.84 Å². The van der Waals surface area contributed by atoms with Crippen molar-refractivity contribution in [2.75, 3.05) is 31.1 Å². The highest BCUT2D eigenvalue weighted by Crippen LogP contribution is 2.40. The summed E-state index contributed by atoms with van der Waals surface area (Å²) in [6.45, 7) is 2.71. The Kier molecular flexibility index (Phi) is 6.08. The van der Waals surface area contributed by atoms with Gasteiger partial charge in [-0.05, 0) is 35.9 Å². The molecule has 0 atom stereocenters. The molecule has 1 aliphatic heterocycles. The quantitative estimate of drug-likeness (QED) is 0.516. The Morgan fingerprint density at radius 1 is 1.00 bits per heavy atom. The van der Waals surface area contributed by atoms with E-state index < -0.39 is 44.6 Å². The van der Waals surface area contributed by atoms with Crippen LogP contribution in [0.25, 0.3) is 10.1 Å². The van der Waals surface area contributed by atoms with E-state index in [1.54, 1.807) is 6.07 Å². The van der Waals surface area contributed by atoms with Crippen molar-refractivity contribution in [1.82, 2.24) is 10.3 Å². The first-order chi connectivity index (χ1) is 15.4. The number of anilines is 1. The number of piperazine rings is 1. The largest absolute Gasteiger partial charge is 0.416 e. The minimum atomic E-state index is -5.01. The van der Waals surface area contributed by atoms with Crippen molar-refractivity contribution >= 4 is 37.1 Å². The van der Waals surface area contributed by atoms with Crippen molar-refractivity contribution in [3.05, 3.63) is 53.2 Å².